The number of nitrogens with zero attached hydrogens (tertiary/aromatic N) is 3. The van der Waals surface area contributed by atoms with Gasteiger partial charge in [-0.05, 0) is 40.2 Å². The second-order valence-electron chi connectivity index (χ2n) is 3.79. The molecule has 0 aliphatic heterocycles. The van der Waals surface area contributed by atoms with Crippen molar-refractivity contribution in [2.75, 3.05) is 0 Å². The van der Waals surface area contributed by atoms with Crippen molar-refractivity contribution in [1.29, 1.82) is 0 Å². The summed E-state index contributed by atoms with van der Waals surface area (Å²) in [4.78, 5) is 8.88. The van der Waals surface area contributed by atoms with Crippen molar-refractivity contribution in [3.63, 3.8) is 0 Å². The molecule has 0 radical (unpaired) electrons. The number of fused-ring (bicyclic) bond motifs is 1. The molecule has 3 rings (SSSR count). The Hall–Kier alpha value is -1.39. The molecule has 0 spiro atoms. The molecule has 0 atom stereocenters. The van der Waals surface area contributed by atoms with Gasteiger partial charge in [-0.2, -0.15) is 0 Å². The SMILES string of the molecule is ClCc1nc2cccnc2n1-c1ccccc1Br. The highest BCUT2D eigenvalue weighted by atomic mass is 79.9. The topological polar surface area (TPSA) is 30.7 Å². The highest BCUT2D eigenvalue weighted by Crippen LogP contribution is 2.26. The van der Waals surface area contributed by atoms with Gasteiger partial charge in [0.25, 0.3) is 0 Å². The monoisotopic (exact) mass is 321 g/mol. The number of imidazole rings is 1. The Balaban J connectivity index is 2.37. The maximum Gasteiger partial charge on any atom is 0.164 e. The van der Waals surface area contributed by atoms with Gasteiger partial charge in [-0.1, -0.05) is 12.1 Å². The molecule has 0 amide bonds. The van der Waals surface area contributed by atoms with E-state index in [1.54, 1.807) is 6.20 Å². The molecule has 3 nitrogen and oxygen atoms in total. The molecule has 2 aromatic heterocycles. The van der Waals surface area contributed by atoms with E-state index in [4.69, 9.17) is 11.6 Å². The van der Waals surface area contributed by atoms with Crippen LogP contribution >= 0.6 is 27.5 Å². The number of para-hydroxylation sites is 1. The number of alkyl halides is 1. The van der Waals surface area contributed by atoms with Gasteiger partial charge < -0.3 is 0 Å². The van der Waals surface area contributed by atoms with Crippen LogP contribution in [0.2, 0.25) is 0 Å². The molecular formula is C13H9BrClN3. The van der Waals surface area contributed by atoms with Crippen molar-refractivity contribution < 1.29 is 0 Å². The Morgan fingerprint density at radius 2 is 2.00 bits per heavy atom. The van der Waals surface area contributed by atoms with E-state index in [-0.39, 0.29) is 0 Å². The Bertz CT molecular complexity index is 708. The molecule has 0 saturated carbocycles. The fourth-order valence-electron chi connectivity index (χ4n) is 1.94. The van der Waals surface area contributed by atoms with Crippen LogP contribution in [0.15, 0.2) is 47.1 Å². The third kappa shape index (κ3) is 1.82. The molecule has 0 N–H and O–H groups in total. The number of pyridine rings is 1. The molecule has 3 aromatic rings. The molecule has 0 aliphatic rings. The molecule has 0 saturated heterocycles. The number of benzene rings is 1. The fourth-order valence-corrected chi connectivity index (χ4v) is 2.58. The summed E-state index contributed by atoms with van der Waals surface area (Å²) in [7, 11) is 0. The molecular weight excluding hydrogens is 314 g/mol. The number of hydrogen-bond acceptors (Lipinski definition) is 2. The quantitative estimate of drug-likeness (QED) is 0.669. The summed E-state index contributed by atoms with van der Waals surface area (Å²) in [6.45, 7) is 0. The summed E-state index contributed by atoms with van der Waals surface area (Å²) < 4.78 is 2.97. The molecule has 18 heavy (non-hydrogen) atoms. The summed E-state index contributed by atoms with van der Waals surface area (Å²) in [5.74, 6) is 1.13. The first-order chi connectivity index (χ1) is 8.81. The summed E-state index contributed by atoms with van der Waals surface area (Å²) in [6.07, 6.45) is 1.76. The molecule has 1 aromatic carbocycles. The standard InChI is InChI=1S/C13H9BrClN3/c14-9-4-1-2-6-11(9)18-12(8-15)17-10-5-3-7-16-13(10)18/h1-7H,8H2. The second-order valence-corrected chi connectivity index (χ2v) is 4.92. The summed E-state index contributed by atoms with van der Waals surface area (Å²) in [5.41, 5.74) is 2.67. The Labute approximate surface area is 118 Å². The highest BCUT2D eigenvalue weighted by molar-refractivity contribution is 9.10. The number of halogens is 2. The third-order valence-electron chi connectivity index (χ3n) is 2.70. The zero-order valence-electron chi connectivity index (χ0n) is 9.35. The van der Waals surface area contributed by atoms with Crippen molar-refractivity contribution in [3.05, 3.63) is 52.9 Å². The number of rotatable bonds is 2. The lowest BCUT2D eigenvalue weighted by atomic mass is 10.3. The average Bonchev–Trinajstić information content (AvgIpc) is 2.78. The predicted octanol–water partition coefficient (Wildman–Crippen LogP) is 3.92. The van der Waals surface area contributed by atoms with Crippen LogP contribution in [0.5, 0.6) is 0 Å². The van der Waals surface area contributed by atoms with Crippen LogP contribution in [0.1, 0.15) is 5.82 Å². The Morgan fingerprint density at radius 1 is 1.17 bits per heavy atom. The van der Waals surface area contributed by atoms with Crippen LogP contribution in [0.3, 0.4) is 0 Å². The molecule has 5 heteroatoms. The highest BCUT2D eigenvalue weighted by Gasteiger charge is 2.13. The van der Waals surface area contributed by atoms with Crippen molar-refractivity contribution in [2.45, 2.75) is 5.88 Å². The molecule has 0 aliphatic carbocycles. The first-order valence-corrected chi connectivity index (χ1v) is 6.77. The maximum atomic E-state index is 5.98. The fraction of sp³-hybridized carbons (Fsp3) is 0.0769. The maximum absolute atomic E-state index is 5.98. The van der Waals surface area contributed by atoms with Gasteiger partial charge in [0.1, 0.15) is 11.3 Å². The van der Waals surface area contributed by atoms with E-state index in [1.165, 1.54) is 0 Å². The van der Waals surface area contributed by atoms with Crippen LogP contribution in [0.25, 0.3) is 16.9 Å². The smallest absolute Gasteiger partial charge is 0.164 e. The summed E-state index contributed by atoms with van der Waals surface area (Å²) in [5, 5.41) is 0. The molecule has 0 bridgehead atoms. The van der Waals surface area contributed by atoms with E-state index < -0.39 is 0 Å². The molecule has 0 unspecified atom stereocenters. The minimum Gasteiger partial charge on any atom is -0.279 e. The van der Waals surface area contributed by atoms with E-state index >= 15 is 0 Å². The van der Waals surface area contributed by atoms with Crippen molar-refractivity contribution in [1.82, 2.24) is 14.5 Å². The molecule has 90 valence electrons. The van der Waals surface area contributed by atoms with Crippen molar-refractivity contribution in [3.8, 4) is 5.69 Å². The Morgan fingerprint density at radius 3 is 2.78 bits per heavy atom. The van der Waals surface area contributed by atoms with Crippen LogP contribution in [0.4, 0.5) is 0 Å². The van der Waals surface area contributed by atoms with E-state index in [0.717, 1.165) is 27.1 Å². The van der Waals surface area contributed by atoms with Gasteiger partial charge in [-0.25, -0.2) is 9.97 Å². The van der Waals surface area contributed by atoms with Crippen molar-refractivity contribution >= 4 is 38.7 Å². The predicted molar refractivity (Wildman–Crippen MR) is 76.1 cm³/mol. The van der Waals surface area contributed by atoms with Crippen LogP contribution < -0.4 is 0 Å². The normalized spacial score (nSPS) is 11.0. The van der Waals surface area contributed by atoms with E-state index in [2.05, 4.69) is 25.9 Å². The second kappa shape index (κ2) is 4.71. The van der Waals surface area contributed by atoms with Gasteiger partial charge in [0.15, 0.2) is 5.65 Å². The lowest BCUT2D eigenvalue weighted by Gasteiger charge is -2.08. The number of hydrogen-bond donors (Lipinski definition) is 0. The Kier molecular flexibility index (Phi) is 3.06. The van der Waals surface area contributed by atoms with E-state index in [1.807, 2.05) is 41.0 Å². The van der Waals surface area contributed by atoms with Crippen LogP contribution in [-0.2, 0) is 5.88 Å². The van der Waals surface area contributed by atoms with Gasteiger partial charge in [0.05, 0.1) is 11.6 Å². The minimum atomic E-state index is 0.345. The van der Waals surface area contributed by atoms with E-state index in [9.17, 15) is 0 Å². The zero-order valence-corrected chi connectivity index (χ0v) is 11.7. The van der Waals surface area contributed by atoms with Crippen molar-refractivity contribution in [2.24, 2.45) is 0 Å². The van der Waals surface area contributed by atoms with Gasteiger partial charge in [0.2, 0.25) is 0 Å². The van der Waals surface area contributed by atoms with Gasteiger partial charge in [0, 0.05) is 10.7 Å². The number of aromatic nitrogens is 3. The van der Waals surface area contributed by atoms with Crippen LogP contribution in [0, 0.1) is 0 Å². The lowest BCUT2D eigenvalue weighted by molar-refractivity contribution is 0.965. The zero-order chi connectivity index (χ0) is 12.5. The summed E-state index contributed by atoms with van der Waals surface area (Å²) in [6, 6.07) is 11.8. The molecule has 0 fully saturated rings. The largest absolute Gasteiger partial charge is 0.279 e. The van der Waals surface area contributed by atoms with Gasteiger partial charge in [-0.15, -0.1) is 11.6 Å². The minimum absolute atomic E-state index is 0.345. The van der Waals surface area contributed by atoms with E-state index in [0.29, 0.717) is 5.88 Å². The third-order valence-corrected chi connectivity index (χ3v) is 3.61. The lowest BCUT2D eigenvalue weighted by Crippen LogP contribution is -2.00. The first-order valence-electron chi connectivity index (χ1n) is 5.44. The summed E-state index contributed by atoms with van der Waals surface area (Å²) >= 11 is 9.53. The van der Waals surface area contributed by atoms with Gasteiger partial charge in [-0.3, -0.25) is 4.57 Å². The molecule has 2 heterocycles. The average molecular weight is 323 g/mol. The van der Waals surface area contributed by atoms with Gasteiger partial charge >= 0.3 is 0 Å². The first kappa shape index (κ1) is 11.7. The van der Waals surface area contributed by atoms with Crippen LogP contribution in [-0.4, -0.2) is 14.5 Å².